The van der Waals surface area contributed by atoms with E-state index in [0.29, 0.717) is 12.1 Å². The van der Waals surface area contributed by atoms with Gasteiger partial charge in [-0.1, -0.05) is 13.8 Å². The Morgan fingerprint density at radius 1 is 1.50 bits per heavy atom. The zero-order valence-corrected chi connectivity index (χ0v) is 9.55. The molecule has 2 N–H and O–H groups in total. The summed E-state index contributed by atoms with van der Waals surface area (Å²) in [6.07, 6.45) is 3.69. The van der Waals surface area contributed by atoms with Crippen LogP contribution < -0.4 is 5.32 Å². The van der Waals surface area contributed by atoms with Gasteiger partial charge in [0.05, 0.1) is 6.10 Å². The Labute approximate surface area is 86.8 Å². The van der Waals surface area contributed by atoms with Gasteiger partial charge < -0.3 is 15.2 Å². The maximum atomic E-state index is 9.22. The van der Waals surface area contributed by atoms with Crippen molar-refractivity contribution in [2.75, 3.05) is 20.3 Å². The number of rotatable bonds is 6. The van der Waals surface area contributed by atoms with Crippen LogP contribution in [0.25, 0.3) is 0 Å². The molecule has 0 aromatic rings. The highest BCUT2D eigenvalue weighted by Gasteiger charge is 2.30. The molecule has 0 saturated heterocycles. The highest BCUT2D eigenvalue weighted by atomic mass is 16.5. The van der Waals surface area contributed by atoms with Crippen LogP contribution in [0.5, 0.6) is 0 Å². The molecular weight excluding hydrogens is 178 g/mol. The molecule has 3 nitrogen and oxygen atoms in total. The van der Waals surface area contributed by atoms with E-state index < -0.39 is 0 Å². The second-order valence-corrected chi connectivity index (χ2v) is 4.73. The van der Waals surface area contributed by atoms with Gasteiger partial charge >= 0.3 is 0 Å². The van der Waals surface area contributed by atoms with Crippen molar-refractivity contribution >= 4 is 0 Å². The Balaban J connectivity index is 2.15. The van der Waals surface area contributed by atoms with Gasteiger partial charge in [-0.15, -0.1) is 0 Å². The van der Waals surface area contributed by atoms with Crippen LogP contribution in [0.15, 0.2) is 0 Å². The molecule has 0 amide bonds. The maximum absolute atomic E-state index is 9.22. The largest absolute Gasteiger partial charge is 0.396 e. The van der Waals surface area contributed by atoms with Gasteiger partial charge in [-0.05, 0) is 19.3 Å². The van der Waals surface area contributed by atoms with E-state index in [0.717, 1.165) is 25.8 Å². The fourth-order valence-electron chi connectivity index (χ4n) is 1.61. The Hall–Kier alpha value is -0.120. The molecule has 0 aliphatic heterocycles. The van der Waals surface area contributed by atoms with Crippen molar-refractivity contribution in [1.29, 1.82) is 0 Å². The van der Waals surface area contributed by atoms with Crippen molar-refractivity contribution in [3.63, 3.8) is 0 Å². The molecule has 0 aromatic carbocycles. The average Bonchev–Trinajstić information content (AvgIpc) is 2.15. The monoisotopic (exact) mass is 201 g/mol. The zero-order chi connectivity index (χ0) is 10.6. The van der Waals surface area contributed by atoms with E-state index in [9.17, 15) is 5.11 Å². The third kappa shape index (κ3) is 2.94. The molecule has 1 aliphatic rings. The normalized spacial score (nSPS) is 30.9. The topological polar surface area (TPSA) is 41.5 Å². The van der Waals surface area contributed by atoms with Gasteiger partial charge in [0.1, 0.15) is 0 Å². The SMILES string of the molecule is CCC(C)(CO)CNC1CC(OC)C1. The molecule has 1 fully saturated rings. The number of aliphatic hydroxyl groups excluding tert-OH is 1. The van der Waals surface area contributed by atoms with E-state index in [1.165, 1.54) is 0 Å². The Bertz CT molecular complexity index is 163. The Morgan fingerprint density at radius 3 is 2.57 bits per heavy atom. The first kappa shape index (κ1) is 12.0. The van der Waals surface area contributed by atoms with E-state index in [2.05, 4.69) is 19.2 Å². The van der Waals surface area contributed by atoms with Crippen molar-refractivity contribution in [2.45, 2.75) is 45.3 Å². The summed E-state index contributed by atoms with van der Waals surface area (Å²) in [4.78, 5) is 0. The molecule has 1 rings (SSSR count). The molecule has 0 heterocycles. The summed E-state index contributed by atoms with van der Waals surface area (Å²) in [5.41, 5.74) is 0.0398. The first-order valence-corrected chi connectivity index (χ1v) is 5.50. The first-order chi connectivity index (χ1) is 6.63. The zero-order valence-electron chi connectivity index (χ0n) is 9.55. The second-order valence-electron chi connectivity index (χ2n) is 4.73. The van der Waals surface area contributed by atoms with Crippen molar-refractivity contribution < 1.29 is 9.84 Å². The summed E-state index contributed by atoms with van der Waals surface area (Å²) < 4.78 is 5.21. The Kier molecular flexibility index (Phi) is 4.35. The summed E-state index contributed by atoms with van der Waals surface area (Å²) in [6, 6.07) is 0.595. The van der Waals surface area contributed by atoms with Crippen molar-refractivity contribution in [3.8, 4) is 0 Å². The molecule has 0 bridgehead atoms. The summed E-state index contributed by atoms with van der Waals surface area (Å²) in [5, 5.41) is 12.7. The van der Waals surface area contributed by atoms with Gasteiger partial charge in [0.15, 0.2) is 0 Å². The minimum absolute atomic E-state index is 0.0398. The van der Waals surface area contributed by atoms with Gasteiger partial charge in [-0.2, -0.15) is 0 Å². The lowest BCUT2D eigenvalue weighted by Gasteiger charge is -2.37. The lowest BCUT2D eigenvalue weighted by atomic mass is 9.85. The molecule has 84 valence electrons. The van der Waals surface area contributed by atoms with E-state index in [1.54, 1.807) is 7.11 Å². The molecule has 0 spiro atoms. The number of methoxy groups -OCH3 is 1. The van der Waals surface area contributed by atoms with Gasteiger partial charge in [0.2, 0.25) is 0 Å². The van der Waals surface area contributed by atoms with E-state index >= 15 is 0 Å². The fraction of sp³-hybridized carbons (Fsp3) is 1.00. The number of nitrogens with one attached hydrogen (secondary N) is 1. The highest BCUT2D eigenvalue weighted by molar-refractivity contribution is 4.87. The third-order valence-electron chi connectivity index (χ3n) is 3.48. The van der Waals surface area contributed by atoms with Gasteiger partial charge in [-0.3, -0.25) is 0 Å². The van der Waals surface area contributed by atoms with Crippen LogP contribution >= 0.6 is 0 Å². The quantitative estimate of drug-likeness (QED) is 0.677. The summed E-state index contributed by atoms with van der Waals surface area (Å²) in [5.74, 6) is 0. The van der Waals surface area contributed by atoms with Crippen LogP contribution in [0.1, 0.15) is 33.1 Å². The summed E-state index contributed by atoms with van der Waals surface area (Å²) >= 11 is 0. The van der Waals surface area contributed by atoms with Gasteiger partial charge in [0, 0.05) is 31.7 Å². The minimum Gasteiger partial charge on any atom is -0.396 e. The fourth-order valence-corrected chi connectivity index (χ4v) is 1.61. The van der Waals surface area contributed by atoms with Gasteiger partial charge in [0.25, 0.3) is 0 Å². The van der Waals surface area contributed by atoms with Crippen molar-refractivity contribution in [1.82, 2.24) is 5.32 Å². The van der Waals surface area contributed by atoms with Crippen LogP contribution in [-0.4, -0.2) is 37.5 Å². The Morgan fingerprint density at radius 2 is 2.14 bits per heavy atom. The molecule has 14 heavy (non-hydrogen) atoms. The van der Waals surface area contributed by atoms with E-state index in [1.807, 2.05) is 0 Å². The number of hydrogen-bond donors (Lipinski definition) is 2. The standard InChI is InChI=1S/C11H23NO2/c1-4-11(2,8-13)7-12-9-5-10(6-9)14-3/h9-10,12-13H,4-8H2,1-3H3. The number of aliphatic hydroxyl groups is 1. The first-order valence-electron chi connectivity index (χ1n) is 5.50. The van der Waals surface area contributed by atoms with Crippen LogP contribution in [-0.2, 0) is 4.74 Å². The molecule has 1 aliphatic carbocycles. The molecular formula is C11H23NO2. The molecule has 1 unspecified atom stereocenters. The van der Waals surface area contributed by atoms with Gasteiger partial charge in [-0.25, -0.2) is 0 Å². The summed E-state index contributed by atoms with van der Waals surface area (Å²) in [6.45, 7) is 5.40. The number of ether oxygens (including phenoxy) is 1. The highest BCUT2D eigenvalue weighted by Crippen LogP contribution is 2.25. The van der Waals surface area contributed by atoms with Crippen LogP contribution in [0.4, 0.5) is 0 Å². The smallest absolute Gasteiger partial charge is 0.0601 e. The third-order valence-corrected chi connectivity index (χ3v) is 3.48. The lowest BCUT2D eigenvalue weighted by Crippen LogP contribution is -2.48. The maximum Gasteiger partial charge on any atom is 0.0601 e. The second kappa shape index (κ2) is 5.10. The molecule has 0 radical (unpaired) electrons. The van der Waals surface area contributed by atoms with Crippen molar-refractivity contribution in [3.05, 3.63) is 0 Å². The van der Waals surface area contributed by atoms with E-state index in [4.69, 9.17) is 4.74 Å². The predicted molar refractivity (Wildman–Crippen MR) is 57.3 cm³/mol. The summed E-state index contributed by atoms with van der Waals surface area (Å²) in [7, 11) is 1.77. The minimum atomic E-state index is 0.0398. The molecule has 0 aromatic heterocycles. The van der Waals surface area contributed by atoms with Crippen LogP contribution in [0.3, 0.4) is 0 Å². The van der Waals surface area contributed by atoms with Crippen LogP contribution in [0, 0.1) is 5.41 Å². The predicted octanol–water partition coefficient (Wildman–Crippen LogP) is 1.16. The average molecular weight is 201 g/mol. The van der Waals surface area contributed by atoms with E-state index in [-0.39, 0.29) is 12.0 Å². The van der Waals surface area contributed by atoms with Crippen molar-refractivity contribution in [2.24, 2.45) is 5.41 Å². The molecule has 1 saturated carbocycles. The van der Waals surface area contributed by atoms with Crippen LogP contribution in [0.2, 0.25) is 0 Å². The molecule has 3 heteroatoms. The molecule has 1 atom stereocenters. The number of hydrogen-bond acceptors (Lipinski definition) is 3. The lowest BCUT2D eigenvalue weighted by molar-refractivity contribution is 0.0120.